The molecule has 132 valence electrons. The summed E-state index contributed by atoms with van der Waals surface area (Å²) < 4.78 is 35.8. The Morgan fingerprint density at radius 2 is 1.76 bits per heavy atom. The lowest BCUT2D eigenvalue weighted by Crippen LogP contribution is -2.40. The lowest BCUT2D eigenvalue weighted by atomic mass is 10.2. The van der Waals surface area contributed by atoms with Crippen LogP contribution in [0.1, 0.15) is 4.88 Å². The molecule has 0 radical (unpaired) electrons. The molecular formula is C17H15F3N2O2S. The largest absolute Gasteiger partial charge is 0.405 e. The first kappa shape index (κ1) is 18.7. The van der Waals surface area contributed by atoms with Gasteiger partial charge in [0.15, 0.2) is 0 Å². The van der Waals surface area contributed by atoms with Crippen LogP contribution in [0.15, 0.2) is 48.5 Å². The van der Waals surface area contributed by atoms with Crippen LogP contribution in [-0.2, 0) is 9.59 Å². The Morgan fingerprint density at radius 1 is 1.04 bits per heavy atom. The van der Waals surface area contributed by atoms with Gasteiger partial charge in [0.25, 0.3) is 0 Å². The number of nitrogens with one attached hydrogen (secondary N) is 2. The van der Waals surface area contributed by atoms with Gasteiger partial charge in [0.1, 0.15) is 6.54 Å². The fourth-order valence-electron chi connectivity index (χ4n) is 1.85. The Hall–Kier alpha value is -2.61. The molecule has 4 nitrogen and oxygen atoms in total. The predicted molar refractivity (Wildman–Crippen MR) is 90.9 cm³/mol. The molecule has 0 bridgehead atoms. The van der Waals surface area contributed by atoms with Gasteiger partial charge in [-0.3, -0.25) is 9.59 Å². The normalized spacial score (nSPS) is 11.5. The number of amides is 2. The summed E-state index contributed by atoms with van der Waals surface area (Å²) in [7, 11) is 0. The Morgan fingerprint density at radius 3 is 2.44 bits per heavy atom. The van der Waals surface area contributed by atoms with E-state index in [1.54, 1.807) is 11.4 Å². The number of hydrogen-bond acceptors (Lipinski definition) is 3. The minimum Gasteiger partial charge on any atom is -0.345 e. The summed E-state index contributed by atoms with van der Waals surface area (Å²) >= 11 is 1.49. The Labute approximate surface area is 146 Å². The maximum Gasteiger partial charge on any atom is 0.405 e. The lowest BCUT2D eigenvalue weighted by Gasteiger charge is -2.08. The minimum atomic E-state index is -4.48. The summed E-state index contributed by atoms with van der Waals surface area (Å²) in [4.78, 5) is 24.7. The van der Waals surface area contributed by atoms with Crippen molar-refractivity contribution >= 4 is 29.2 Å². The highest BCUT2D eigenvalue weighted by atomic mass is 32.1. The van der Waals surface area contributed by atoms with Crippen LogP contribution in [0.25, 0.3) is 16.5 Å². The van der Waals surface area contributed by atoms with Gasteiger partial charge in [-0.2, -0.15) is 13.2 Å². The second-order valence-corrected chi connectivity index (χ2v) is 6.13. The fourth-order valence-corrected chi connectivity index (χ4v) is 2.76. The standard InChI is InChI=1S/C17H15F3N2O2S/c18-17(19,20)11-22-16(24)10-21-15(23)9-7-13-6-8-14(25-13)12-4-2-1-3-5-12/h1-9H,10-11H2,(H,21,23)(H,22,24)/b9-7+. The summed E-state index contributed by atoms with van der Waals surface area (Å²) in [5.41, 5.74) is 1.07. The van der Waals surface area contributed by atoms with Crippen LogP contribution >= 0.6 is 11.3 Å². The van der Waals surface area contributed by atoms with Crippen LogP contribution in [0.3, 0.4) is 0 Å². The molecule has 2 N–H and O–H groups in total. The third-order valence-corrected chi connectivity index (χ3v) is 4.09. The van der Waals surface area contributed by atoms with Gasteiger partial charge in [-0.25, -0.2) is 0 Å². The molecule has 25 heavy (non-hydrogen) atoms. The number of carbonyl (C=O) groups is 2. The van der Waals surface area contributed by atoms with Gasteiger partial charge in [0.2, 0.25) is 11.8 Å². The number of hydrogen-bond donors (Lipinski definition) is 2. The number of thiophene rings is 1. The summed E-state index contributed by atoms with van der Waals surface area (Å²) in [6.07, 6.45) is -1.66. The molecule has 1 heterocycles. The van der Waals surface area contributed by atoms with Gasteiger partial charge in [-0.1, -0.05) is 30.3 Å². The highest BCUT2D eigenvalue weighted by Crippen LogP contribution is 2.28. The molecule has 2 amide bonds. The van der Waals surface area contributed by atoms with E-state index in [1.807, 2.05) is 42.5 Å². The number of benzene rings is 1. The van der Waals surface area contributed by atoms with Crippen LogP contribution in [0.2, 0.25) is 0 Å². The Bertz CT molecular complexity index is 755. The van der Waals surface area contributed by atoms with Gasteiger partial charge in [-0.05, 0) is 23.8 Å². The topological polar surface area (TPSA) is 58.2 Å². The van der Waals surface area contributed by atoms with Gasteiger partial charge in [0.05, 0.1) is 6.54 Å². The monoisotopic (exact) mass is 368 g/mol. The zero-order valence-electron chi connectivity index (χ0n) is 13.0. The van der Waals surface area contributed by atoms with Crippen molar-refractivity contribution in [3.05, 3.63) is 53.4 Å². The molecule has 0 atom stereocenters. The van der Waals surface area contributed by atoms with E-state index >= 15 is 0 Å². The Kier molecular flexibility index (Phi) is 6.35. The smallest absolute Gasteiger partial charge is 0.345 e. The summed E-state index contributed by atoms with van der Waals surface area (Å²) in [5, 5.41) is 3.90. The van der Waals surface area contributed by atoms with Crippen molar-refractivity contribution in [1.82, 2.24) is 10.6 Å². The molecule has 0 saturated carbocycles. The second-order valence-electron chi connectivity index (χ2n) is 5.01. The van der Waals surface area contributed by atoms with E-state index in [0.29, 0.717) is 0 Å². The van der Waals surface area contributed by atoms with Crippen LogP contribution in [0.5, 0.6) is 0 Å². The van der Waals surface area contributed by atoms with E-state index in [4.69, 9.17) is 0 Å². The number of halogens is 3. The molecule has 1 aromatic carbocycles. The summed E-state index contributed by atoms with van der Waals surface area (Å²) in [6, 6.07) is 13.5. The molecule has 2 rings (SSSR count). The number of rotatable bonds is 6. The highest BCUT2D eigenvalue weighted by molar-refractivity contribution is 7.16. The Balaban J connectivity index is 1.81. The average Bonchev–Trinajstić information content (AvgIpc) is 3.05. The zero-order valence-corrected chi connectivity index (χ0v) is 13.8. The molecule has 1 aromatic heterocycles. The van der Waals surface area contributed by atoms with Crippen molar-refractivity contribution < 1.29 is 22.8 Å². The van der Waals surface area contributed by atoms with Crippen LogP contribution in [0, 0.1) is 0 Å². The number of alkyl halides is 3. The van der Waals surface area contributed by atoms with Crippen molar-refractivity contribution in [2.45, 2.75) is 6.18 Å². The quantitative estimate of drug-likeness (QED) is 0.769. The van der Waals surface area contributed by atoms with Gasteiger partial charge >= 0.3 is 6.18 Å². The third kappa shape index (κ3) is 6.80. The molecular weight excluding hydrogens is 353 g/mol. The molecule has 0 aliphatic heterocycles. The lowest BCUT2D eigenvalue weighted by molar-refractivity contribution is -0.138. The average molecular weight is 368 g/mol. The van der Waals surface area contributed by atoms with Crippen LogP contribution < -0.4 is 10.6 Å². The van der Waals surface area contributed by atoms with Crippen LogP contribution in [-0.4, -0.2) is 31.1 Å². The van der Waals surface area contributed by atoms with E-state index in [0.717, 1.165) is 15.3 Å². The van der Waals surface area contributed by atoms with Crippen molar-refractivity contribution in [2.75, 3.05) is 13.1 Å². The fraction of sp³-hybridized carbons (Fsp3) is 0.176. The number of carbonyl (C=O) groups excluding carboxylic acids is 2. The summed E-state index contributed by atoms with van der Waals surface area (Å²) in [6.45, 7) is -1.94. The SMILES string of the molecule is O=C(/C=C/c1ccc(-c2ccccc2)s1)NCC(=O)NCC(F)(F)F. The van der Waals surface area contributed by atoms with Crippen LogP contribution in [0.4, 0.5) is 13.2 Å². The van der Waals surface area contributed by atoms with Gasteiger partial charge in [-0.15, -0.1) is 11.3 Å². The second kappa shape index (κ2) is 8.48. The van der Waals surface area contributed by atoms with Crippen molar-refractivity contribution in [3.8, 4) is 10.4 Å². The molecule has 0 spiro atoms. The van der Waals surface area contributed by atoms with E-state index < -0.39 is 31.1 Å². The molecule has 0 saturated heterocycles. The third-order valence-electron chi connectivity index (χ3n) is 2.99. The maximum atomic E-state index is 11.9. The first-order chi connectivity index (χ1) is 11.8. The molecule has 2 aromatic rings. The zero-order chi connectivity index (χ0) is 18.3. The molecule has 0 aliphatic carbocycles. The molecule has 0 aliphatic rings. The highest BCUT2D eigenvalue weighted by Gasteiger charge is 2.27. The van der Waals surface area contributed by atoms with E-state index in [-0.39, 0.29) is 0 Å². The first-order valence-electron chi connectivity index (χ1n) is 7.28. The van der Waals surface area contributed by atoms with Crippen molar-refractivity contribution in [2.24, 2.45) is 0 Å². The van der Waals surface area contributed by atoms with E-state index in [2.05, 4.69) is 5.32 Å². The minimum absolute atomic E-state index is 0.515. The summed E-state index contributed by atoms with van der Waals surface area (Å²) in [5.74, 6) is -1.46. The molecule has 0 fully saturated rings. The van der Waals surface area contributed by atoms with Crippen molar-refractivity contribution in [3.63, 3.8) is 0 Å². The maximum absolute atomic E-state index is 11.9. The van der Waals surface area contributed by atoms with Gasteiger partial charge in [0, 0.05) is 15.8 Å². The first-order valence-corrected chi connectivity index (χ1v) is 8.10. The molecule has 0 unspecified atom stereocenters. The molecule has 8 heteroatoms. The van der Waals surface area contributed by atoms with E-state index in [1.165, 1.54) is 17.4 Å². The van der Waals surface area contributed by atoms with E-state index in [9.17, 15) is 22.8 Å². The van der Waals surface area contributed by atoms with Gasteiger partial charge < -0.3 is 10.6 Å². The predicted octanol–water partition coefficient (Wildman–Crippen LogP) is 3.22. The van der Waals surface area contributed by atoms with Crippen molar-refractivity contribution in [1.29, 1.82) is 0 Å².